The van der Waals surface area contributed by atoms with Crippen LogP contribution in [0.3, 0.4) is 0 Å². The number of alkyl halides is 3. The molecule has 3 aromatic rings. The first-order valence-electron chi connectivity index (χ1n) is 11.3. The minimum Gasteiger partial charge on any atom is -0.453 e. The van der Waals surface area contributed by atoms with Crippen molar-refractivity contribution in [2.45, 2.75) is 44.3 Å². The number of ether oxygens (including phenoxy) is 1. The van der Waals surface area contributed by atoms with E-state index in [2.05, 4.69) is 35.6 Å². The summed E-state index contributed by atoms with van der Waals surface area (Å²) >= 11 is 6.01. The fraction of sp³-hybridized carbons (Fsp3) is 0.308. The second kappa shape index (κ2) is 9.51. The maximum atomic E-state index is 13.3. The average Bonchev–Trinajstić information content (AvgIpc) is 3.67. The molecule has 1 aromatic heterocycles. The summed E-state index contributed by atoms with van der Waals surface area (Å²) in [5.74, 6) is 1.18. The van der Waals surface area contributed by atoms with Crippen LogP contribution in [0.25, 0.3) is 0 Å². The maximum absolute atomic E-state index is 13.3. The van der Waals surface area contributed by atoms with Crippen LogP contribution in [0.2, 0.25) is 5.02 Å². The topological polar surface area (TPSA) is 55.7 Å². The normalized spacial score (nSPS) is 18.1. The van der Waals surface area contributed by atoms with Crippen molar-refractivity contribution in [3.8, 4) is 11.5 Å². The van der Waals surface area contributed by atoms with Gasteiger partial charge in [-0.15, -0.1) is 0 Å². The van der Waals surface area contributed by atoms with Crippen LogP contribution in [-0.4, -0.2) is 23.5 Å². The number of halogens is 4. The zero-order valence-corrected chi connectivity index (χ0v) is 19.7. The van der Waals surface area contributed by atoms with Crippen molar-refractivity contribution in [1.29, 1.82) is 0 Å². The van der Waals surface area contributed by atoms with Gasteiger partial charge in [0.2, 0.25) is 0 Å². The molecule has 5 nitrogen and oxygen atoms in total. The molecule has 2 heterocycles. The molecule has 1 N–H and O–H groups in total. The van der Waals surface area contributed by atoms with E-state index in [-0.39, 0.29) is 17.5 Å². The highest BCUT2D eigenvalue weighted by molar-refractivity contribution is 6.33. The first-order chi connectivity index (χ1) is 16.8. The number of hydrogen-bond donors (Lipinski definition) is 1. The fourth-order valence-electron chi connectivity index (χ4n) is 4.14. The highest BCUT2D eigenvalue weighted by Crippen LogP contribution is 2.42. The molecule has 0 bridgehead atoms. The Balaban J connectivity index is 1.39. The van der Waals surface area contributed by atoms with Crippen LogP contribution in [-0.2, 0) is 17.4 Å². The number of amidine groups is 1. The van der Waals surface area contributed by atoms with E-state index in [1.54, 1.807) is 12.3 Å². The summed E-state index contributed by atoms with van der Waals surface area (Å²) in [6, 6.07) is 11.7. The van der Waals surface area contributed by atoms with E-state index in [9.17, 15) is 13.2 Å². The lowest BCUT2D eigenvalue weighted by atomic mass is 9.97. The van der Waals surface area contributed by atoms with Crippen molar-refractivity contribution < 1.29 is 22.7 Å². The Morgan fingerprint density at radius 1 is 1.14 bits per heavy atom. The summed E-state index contributed by atoms with van der Waals surface area (Å²) in [4.78, 5) is 14.4. The van der Waals surface area contributed by atoms with Gasteiger partial charge in [-0.3, -0.25) is 14.8 Å². The van der Waals surface area contributed by atoms with Gasteiger partial charge in [-0.1, -0.05) is 35.9 Å². The van der Waals surface area contributed by atoms with E-state index in [4.69, 9.17) is 26.2 Å². The van der Waals surface area contributed by atoms with Gasteiger partial charge in [0.05, 0.1) is 35.0 Å². The molecule has 1 unspecified atom stereocenters. The van der Waals surface area contributed by atoms with Crippen LogP contribution in [0.4, 0.5) is 13.2 Å². The van der Waals surface area contributed by atoms with Gasteiger partial charge in [0.15, 0.2) is 11.6 Å². The van der Waals surface area contributed by atoms with Crippen LogP contribution >= 0.6 is 11.6 Å². The van der Waals surface area contributed by atoms with E-state index < -0.39 is 16.8 Å². The number of nitrogens with zero attached hydrogens (tertiary/aromatic N) is 2. The summed E-state index contributed by atoms with van der Waals surface area (Å²) in [5, 5.41) is -0.521. The van der Waals surface area contributed by atoms with E-state index in [1.165, 1.54) is 47.9 Å². The molecule has 1 atom stereocenters. The number of aliphatic imine (C=N–C) groups is 1. The van der Waals surface area contributed by atoms with Crippen LogP contribution in [0.5, 0.6) is 11.5 Å². The van der Waals surface area contributed by atoms with Crippen molar-refractivity contribution in [2.75, 3.05) is 6.61 Å². The number of nitrogens with one attached hydrogen (secondary N) is 1. The highest BCUT2D eigenvalue weighted by atomic mass is 35.5. The van der Waals surface area contributed by atoms with Crippen molar-refractivity contribution in [3.63, 3.8) is 0 Å². The molecule has 1 fully saturated rings. The summed E-state index contributed by atoms with van der Waals surface area (Å²) in [5.41, 5.74) is 6.16. The Bertz CT molecular complexity index is 1270. The first-order valence-corrected chi connectivity index (χ1v) is 11.7. The van der Waals surface area contributed by atoms with Gasteiger partial charge in [-0.05, 0) is 67.0 Å². The second-order valence-corrected chi connectivity index (χ2v) is 9.18. The molecule has 35 heavy (non-hydrogen) atoms. The van der Waals surface area contributed by atoms with Crippen molar-refractivity contribution in [1.82, 2.24) is 10.5 Å². The summed E-state index contributed by atoms with van der Waals surface area (Å²) in [6.07, 6.45) is 1.57. The molecule has 1 aliphatic carbocycles. The van der Waals surface area contributed by atoms with E-state index in [0.717, 1.165) is 6.07 Å². The SMILES string of the molecule is Cc1cc(C2CC2)ccc1CC1CONC(c2ccncc2Oc2cccc(C(F)(F)F)c2Cl)=N1. The molecule has 182 valence electrons. The zero-order chi connectivity index (χ0) is 24.6. The third-order valence-electron chi connectivity index (χ3n) is 6.16. The molecule has 0 saturated heterocycles. The Hall–Kier alpha value is -3.10. The van der Waals surface area contributed by atoms with Gasteiger partial charge in [0.25, 0.3) is 0 Å². The quantitative estimate of drug-likeness (QED) is 0.412. The molecule has 1 saturated carbocycles. The molecule has 0 spiro atoms. The standard InChI is InChI=1S/C26H23ClF3N3O2/c1-15-11-18(16-5-6-16)8-7-17(15)12-19-14-34-33-25(32-19)20-9-10-31-13-23(20)35-22-4-2-3-21(24(22)27)26(28,29)30/h2-4,7-11,13,16,19H,5-6,12,14H2,1H3,(H,32,33). The summed E-state index contributed by atoms with van der Waals surface area (Å²) in [7, 11) is 0. The fourth-order valence-corrected chi connectivity index (χ4v) is 4.41. The minimum atomic E-state index is -4.60. The number of hydrogen-bond acceptors (Lipinski definition) is 5. The van der Waals surface area contributed by atoms with Gasteiger partial charge >= 0.3 is 6.18 Å². The van der Waals surface area contributed by atoms with Crippen molar-refractivity contribution >= 4 is 17.4 Å². The Kier molecular flexibility index (Phi) is 6.42. The lowest BCUT2D eigenvalue weighted by Crippen LogP contribution is -2.36. The Morgan fingerprint density at radius 3 is 2.71 bits per heavy atom. The molecular formula is C26H23ClF3N3O2. The van der Waals surface area contributed by atoms with Crippen molar-refractivity contribution in [3.05, 3.63) is 87.7 Å². The van der Waals surface area contributed by atoms with Gasteiger partial charge in [0, 0.05) is 6.20 Å². The molecule has 1 aliphatic heterocycles. The van der Waals surface area contributed by atoms with Gasteiger partial charge in [-0.25, -0.2) is 5.48 Å². The lowest BCUT2D eigenvalue weighted by molar-refractivity contribution is -0.137. The summed E-state index contributed by atoms with van der Waals surface area (Å²) in [6.45, 7) is 2.50. The smallest absolute Gasteiger partial charge is 0.417 e. The van der Waals surface area contributed by atoms with Gasteiger partial charge in [-0.2, -0.15) is 13.2 Å². The number of aryl methyl sites for hydroxylation is 1. The third-order valence-corrected chi connectivity index (χ3v) is 6.55. The Morgan fingerprint density at radius 2 is 1.97 bits per heavy atom. The molecule has 5 rings (SSSR count). The average molecular weight is 502 g/mol. The molecular weight excluding hydrogens is 479 g/mol. The van der Waals surface area contributed by atoms with E-state index >= 15 is 0 Å². The number of rotatable bonds is 6. The van der Waals surface area contributed by atoms with E-state index in [0.29, 0.717) is 30.3 Å². The molecule has 0 amide bonds. The molecule has 9 heteroatoms. The number of pyridine rings is 1. The largest absolute Gasteiger partial charge is 0.453 e. The van der Waals surface area contributed by atoms with Crippen LogP contribution < -0.4 is 10.2 Å². The third kappa shape index (κ3) is 5.28. The van der Waals surface area contributed by atoms with Crippen LogP contribution in [0.15, 0.2) is 59.9 Å². The summed E-state index contributed by atoms with van der Waals surface area (Å²) < 4.78 is 45.5. The minimum absolute atomic E-state index is 0.129. The highest BCUT2D eigenvalue weighted by Gasteiger charge is 2.34. The molecule has 2 aliphatic rings. The number of benzene rings is 2. The lowest BCUT2D eigenvalue weighted by Gasteiger charge is -2.24. The number of aromatic nitrogens is 1. The molecule has 0 radical (unpaired) electrons. The predicted molar refractivity (Wildman–Crippen MR) is 127 cm³/mol. The zero-order valence-electron chi connectivity index (χ0n) is 18.9. The monoisotopic (exact) mass is 501 g/mol. The van der Waals surface area contributed by atoms with Gasteiger partial charge in [0.1, 0.15) is 5.75 Å². The molecule has 2 aromatic carbocycles. The predicted octanol–water partition coefficient (Wildman–Crippen LogP) is 6.62. The Labute approximate surface area is 205 Å². The first kappa shape index (κ1) is 23.6. The van der Waals surface area contributed by atoms with Crippen molar-refractivity contribution in [2.24, 2.45) is 4.99 Å². The van der Waals surface area contributed by atoms with E-state index in [1.807, 2.05) is 0 Å². The van der Waals surface area contributed by atoms with Gasteiger partial charge < -0.3 is 4.74 Å². The number of hydroxylamine groups is 1. The van der Waals surface area contributed by atoms with Crippen LogP contribution in [0, 0.1) is 6.92 Å². The second-order valence-electron chi connectivity index (χ2n) is 8.80. The van der Waals surface area contributed by atoms with Crippen LogP contribution in [0.1, 0.15) is 46.6 Å². The maximum Gasteiger partial charge on any atom is 0.417 e.